The Morgan fingerprint density at radius 2 is 2.35 bits per heavy atom. The minimum Gasteiger partial charge on any atom is -0.394 e. The van der Waals surface area contributed by atoms with Crippen molar-refractivity contribution in [2.75, 3.05) is 18.1 Å². The van der Waals surface area contributed by atoms with Crippen LogP contribution in [0.15, 0.2) is 18.3 Å². The maximum atomic E-state index is 10.5. The number of aliphatic hydroxyl groups excluding tert-OH is 1. The van der Waals surface area contributed by atoms with Crippen LogP contribution in [0.2, 0.25) is 0 Å². The molecule has 1 aromatic rings. The number of hydrogen-bond acceptors (Lipinski definition) is 5. The number of rotatable bonds is 3. The lowest BCUT2D eigenvalue weighted by Crippen LogP contribution is -2.42. The van der Waals surface area contributed by atoms with Crippen molar-refractivity contribution in [1.82, 2.24) is 4.98 Å². The van der Waals surface area contributed by atoms with E-state index in [9.17, 15) is 15.2 Å². The van der Waals surface area contributed by atoms with E-state index in [4.69, 9.17) is 0 Å². The van der Waals surface area contributed by atoms with Crippen molar-refractivity contribution in [3.05, 3.63) is 28.4 Å². The molecule has 1 aromatic heterocycles. The van der Waals surface area contributed by atoms with Gasteiger partial charge < -0.3 is 10.0 Å². The van der Waals surface area contributed by atoms with E-state index in [2.05, 4.69) is 4.98 Å². The van der Waals surface area contributed by atoms with Gasteiger partial charge in [0.15, 0.2) is 0 Å². The third-order valence-electron chi connectivity index (χ3n) is 3.08. The maximum Gasteiger partial charge on any atom is 0.287 e. The van der Waals surface area contributed by atoms with E-state index >= 15 is 0 Å². The van der Waals surface area contributed by atoms with E-state index in [1.165, 1.54) is 12.3 Å². The fourth-order valence-electron chi connectivity index (χ4n) is 2.15. The first-order chi connectivity index (χ1) is 8.22. The summed E-state index contributed by atoms with van der Waals surface area (Å²) in [7, 11) is 0. The van der Waals surface area contributed by atoms with Crippen molar-refractivity contribution in [3.8, 4) is 0 Å². The van der Waals surface area contributed by atoms with Crippen molar-refractivity contribution in [2.24, 2.45) is 0 Å². The molecule has 2 rings (SSSR count). The van der Waals surface area contributed by atoms with Crippen LogP contribution >= 0.6 is 0 Å². The van der Waals surface area contributed by atoms with Gasteiger partial charge in [0.05, 0.1) is 17.6 Å². The summed E-state index contributed by atoms with van der Waals surface area (Å²) in [5, 5.41) is 19.8. The summed E-state index contributed by atoms with van der Waals surface area (Å²) in [6.45, 7) is 0.939. The summed E-state index contributed by atoms with van der Waals surface area (Å²) in [6.07, 6.45) is 4.37. The Hall–Kier alpha value is -1.69. The van der Waals surface area contributed by atoms with E-state index in [1.54, 1.807) is 6.07 Å². The molecule has 0 spiro atoms. The second-order valence-corrected chi connectivity index (χ2v) is 4.16. The highest BCUT2D eigenvalue weighted by molar-refractivity contribution is 5.44. The molecule has 0 bridgehead atoms. The fraction of sp³-hybridized carbons (Fsp3) is 0.545. The highest BCUT2D eigenvalue weighted by Gasteiger charge is 2.23. The largest absolute Gasteiger partial charge is 0.394 e. The molecule has 92 valence electrons. The van der Waals surface area contributed by atoms with Gasteiger partial charge >= 0.3 is 0 Å². The predicted molar refractivity (Wildman–Crippen MR) is 63.0 cm³/mol. The van der Waals surface area contributed by atoms with Gasteiger partial charge in [-0.05, 0) is 25.3 Å². The van der Waals surface area contributed by atoms with Gasteiger partial charge in [-0.15, -0.1) is 0 Å². The van der Waals surface area contributed by atoms with Crippen molar-refractivity contribution < 1.29 is 10.0 Å². The average molecular weight is 237 g/mol. The van der Waals surface area contributed by atoms with Crippen molar-refractivity contribution in [2.45, 2.75) is 25.3 Å². The van der Waals surface area contributed by atoms with Gasteiger partial charge in [-0.2, -0.15) is 0 Å². The normalized spacial score (nSPS) is 20.3. The molecule has 6 nitrogen and oxygen atoms in total. The Bertz CT molecular complexity index is 393. The Labute approximate surface area is 99.0 Å². The van der Waals surface area contributed by atoms with E-state index < -0.39 is 4.92 Å². The van der Waals surface area contributed by atoms with Crippen LogP contribution in [-0.4, -0.2) is 34.2 Å². The van der Waals surface area contributed by atoms with Gasteiger partial charge in [-0.3, -0.25) is 10.1 Å². The molecule has 0 radical (unpaired) electrons. The molecule has 1 saturated heterocycles. The maximum absolute atomic E-state index is 10.5. The number of pyridine rings is 1. The summed E-state index contributed by atoms with van der Waals surface area (Å²) in [6, 6.07) is 3.18. The van der Waals surface area contributed by atoms with E-state index in [-0.39, 0.29) is 18.3 Å². The lowest BCUT2D eigenvalue weighted by molar-refractivity contribution is -0.385. The average Bonchev–Trinajstić information content (AvgIpc) is 2.39. The van der Waals surface area contributed by atoms with Crippen molar-refractivity contribution >= 4 is 11.5 Å². The molecule has 1 atom stereocenters. The number of piperidine rings is 1. The number of nitro groups is 1. The molecular formula is C11H15N3O3. The van der Waals surface area contributed by atoms with Crippen molar-refractivity contribution in [1.29, 1.82) is 0 Å². The SMILES string of the molecule is O=[N+]([O-])c1ccc(N2CCCC[C@@H]2CO)nc1. The van der Waals surface area contributed by atoms with Gasteiger partial charge in [0.2, 0.25) is 0 Å². The number of aromatic nitrogens is 1. The standard InChI is InChI=1S/C11H15N3O3/c15-8-10-3-1-2-6-13(10)11-5-4-9(7-12-11)14(16)17/h4-5,7,10,15H,1-3,6,8H2/t10-/m1/s1. The highest BCUT2D eigenvalue weighted by atomic mass is 16.6. The van der Waals surface area contributed by atoms with Crippen LogP contribution in [0.1, 0.15) is 19.3 Å². The van der Waals surface area contributed by atoms with Gasteiger partial charge in [0, 0.05) is 12.6 Å². The Balaban J connectivity index is 2.17. The Morgan fingerprint density at radius 1 is 1.53 bits per heavy atom. The van der Waals surface area contributed by atoms with Crippen LogP contribution in [0, 0.1) is 10.1 Å². The number of aliphatic hydroxyl groups is 1. The zero-order valence-corrected chi connectivity index (χ0v) is 9.45. The smallest absolute Gasteiger partial charge is 0.287 e. The molecule has 1 fully saturated rings. The molecule has 2 heterocycles. The lowest BCUT2D eigenvalue weighted by atomic mass is 10.0. The molecule has 1 aliphatic heterocycles. The fourth-order valence-corrected chi connectivity index (χ4v) is 2.15. The first-order valence-electron chi connectivity index (χ1n) is 5.70. The molecule has 0 saturated carbocycles. The van der Waals surface area contributed by atoms with Crippen LogP contribution in [0.25, 0.3) is 0 Å². The zero-order chi connectivity index (χ0) is 12.3. The monoisotopic (exact) mass is 237 g/mol. The third-order valence-corrected chi connectivity index (χ3v) is 3.08. The van der Waals surface area contributed by atoms with Crippen LogP contribution in [-0.2, 0) is 0 Å². The third kappa shape index (κ3) is 2.52. The second kappa shape index (κ2) is 5.09. The summed E-state index contributed by atoms with van der Waals surface area (Å²) in [5.41, 5.74) is -0.00805. The summed E-state index contributed by atoms with van der Waals surface area (Å²) >= 11 is 0. The van der Waals surface area contributed by atoms with Crippen LogP contribution in [0.5, 0.6) is 0 Å². The minimum absolute atomic E-state index is 0.00805. The van der Waals surface area contributed by atoms with E-state index in [1.807, 2.05) is 4.90 Å². The molecule has 0 aliphatic carbocycles. The molecule has 0 amide bonds. The quantitative estimate of drug-likeness (QED) is 0.634. The topological polar surface area (TPSA) is 79.5 Å². The molecule has 1 N–H and O–H groups in total. The molecule has 6 heteroatoms. The van der Waals surface area contributed by atoms with Crippen LogP contribution < -0.4 is 4.90 Å². The molecular weight excluding hydrogens is 222 g/mol. The number of nitrogens with zero attached hydrogens (tertiary/aromatic N) is 3. The first-order valence-corrected chi connectivity index (χ1v) is 5.70. The van der Waals surface area contributed by atoms with Crippen LogP contribution in [0.4, 0.5) is 11.5 Å². The van der Waals surface area contributed by atoms with Gasteiger partial charge in [-0.1, -0.05) is 0 Å². The number of anilines is 1. The highest BCUT2D eigenvalue weighted by Crippen LogP contribution is 2.24. The Morgan fingerprint density at radius 3 is 2.94 bits per heavy atom. The van der Waals surface area contributed by atoms with Gasteiger partial charge in [-0.25, -0.2) is 4.98 Å². The van der Waals surface area contributed by atoms with Crippen molar-refractivity contribution in [3.63, 3.8) is 0 Å². The zero-order valence-electron chi connectivity index (χ0n) is 9.45. The van der Waals surface area contributed by atoms with E-state index in [0.29, 0.717) is 5.82 Å². The summed E-state index contributed by atoms with van der Waals surface area (Å²) in [5.74, 6) is 0.703. The predicted octanol–water partition coefficient (Wildman–Crippen LogP) is 1.34. The molecule has 1 aliphatic rings. The lowest BCUT2D eigenvalue weighted by Gasteiger charge is -2.35. The first kappa shape index (κ1) is 11.8. The Kier molecular flexibility index (Phi) is 3.53. The second-order valence-electron chi connectivity index (χ2n) is 4.16. The molecule has 0 unspecified atom stereocenters. The van der Waals surface area contributed by atoms with E-state index in [0.717, 1.165) is 25.8 Å². The van der Waals surface area contributed by atoms with Gasteiger partial charge in [0.1, 0.15) is 12.0 Å². The molecule has 0 aromatic carbocycles. The van der Waals surface area contributed by atoms with Gasteiger partial charge in [0.25, 0.3) is 5.69 Å². The minimum atomic E-state index is -0.462. The number of hydrogen-bond donors (Lipinski definition) is 1. The summed E-state index contributed by atoms with van der Waals surface area (Å²) in [4.78, 5) is 16.2. The van der Waals surface area contributed by atoms with Crippen LogP contribution in [0.3, 0.4) is 0 Å². The molecule has 17 heavy (non-hydrogen) atoms. The summed E-state index contributed by atoms with van der Waals surface area (Å²) < 4.78 is 0.